The fraction of sp³-hybridized carbons (Fsp3) is 0.857. The van der Waals surface area contributed by atoms with Crippen molar-refractivity contribution in [3.8, 4) is 0 Å². The molecule has 2 N–H and O–H groups in total. The van der Waals surface area contributed by atoms with E-state index in [1.54, 1.807) is 7.11 Å². The van der Waals surface area contributed by atoms with E-state index in [0.29, 0.717) is 19.1 Å². The molecule has 2 heterocycles. The molecule has 6 nitrogen and oxygen atoms in total. The lowest BCUT2D eigenvalue weighted by Crippen LogP contribution is -2.47. The second kappa shape index (κ2) is 7.04. The molecule has 0 aromatic rings. The van der Waals surface area contributed by atoms with Crippen LogP contribution in [0.1, 0.15) is 32.6 Å². The minimum Gasteiger partial charge on any atom is -0.383 e. The molecule has 1 unspecified atom stereocenters. The number of ether oxygens (including phenoxy) is 1. The van der Waals surface area contributed by atoms with Crippen molar-refractivity contribution in [3.05, 3.63) is 0 Å². The van der Waals surface area contributed by atoms with Crippen LogP contribution in [0.3, 0.4) is 0 Å². The molecule has 0 saturated carbocycles. The highest BCUT2D eigenvalue weighted by atomic mass is 16.5. The minimum absolute atomic E-state index is 0.0759. The summed E-state index contributed by atoms with van der Waals surface area (Å²) < 4.78 is 4.97. The van der Waals surface area contributed by atoms with Crippen molar-refractivity contribution in [2.45, 2.75) is 38.1 Å². The fourth-order valence-corrected chi connectivity index (χ4v) is 2.95. The van der Waals surface area contributed by atoms with Crippen LogP contribution in [-0.2, 0) is 9.53 Å². The summed E-state index contributed by atoms with van der Waals surface area (Å²) in [4.78, 5) is 19.1. The smallest absolute Gasteiger partial charge is 0.252 e. The van der Waals surface area contributed by atoms with Crippen LogP contribution >= 0.6 is 0 Å². The van der Waals surface area contributed by atoms with E-state index in [-0.39, 0.29) is 5.91 Å². The number of nitrogens with one attached hydrogen (secondary N) is 2. The number of hydrogen-bond acceptors (Lipinski definition) is 4. The Kier molecular flexibility index (Phi) is 5.37. The van der Waals surface area contributed by atoms with E-state index in [1.807, 2.05) is 0 Å². The first-order valence-electron chi connectivity index (χ1n) is 7.55. The van der Waals surface area contributed by atoms with Gasteiger partial charge in [0.2, 0.25) is 0 Å². The maximum Gasteiger partial charge on any atom is 0.252 e. The molecule has 0 aromatic carbocycles. The van der Waals surface area contributed by atoms with E-state index in [2.05, 4.69) is 27.4 Å². The van der Waals surface area contributed by atoms with Gasteiger partial charge >= 0.3 is 0 Å². The Morgan fingerprint density at radius 3 is 3.00 bits per heavy atom. The topological polar surface area (TPSA) is 66.0 Å². The summed E-state index contributed by atoms with van der Waals surface area (Å²) in [5.74, 6) is 0.683. The summed E-state index contributed by atoms with van der Waals surface area (Å²) in [5, 5.41) is 6.20. The van der Waals surface area contributed by atoms with Crippen LogP contribution in [0.25, 0.3) is 0 Å². The van der Waals surface area contributed by atoms with Gasteiger partial charge in [0.25, 0.3) is 5.91 Å². The van der Waals surface area contributed by atoms with Crippen LogP contribution in [0.15, 0.2) is 4.99 Å². The number of guanidine groups is 1. The number of methoxy groups -OCH3 is 1. The quantitative estimate of drug-likeness (QED) is 0.714. The monoisotopic (exact) mass is 282 g/mol. The molecule has 0 bridgehead atoms. The molecule has 0 aliphatic carbocycles. The molecule has 6 heteroatoms. The Balaban J connectivity index is 1.96. The lowest BCUT2D eigenvalue weighted by molar-refractivity contribution is -0.124. The number of amides is 1. The van der Waals surface area contributed by atoms with Gasteiger partial charge in [-0.2, -0.15) is 0 Å². The van der Waals surface area contributed by atoms with Crippen molar-refractivity contribution in [1.82, 2.24) is 15.5 Å². The molecule has 1 spiro atoms. The van der Waals surface area contributed by atoms with Crippen LogP contribution < -0.4 is 10.6 Å². The SMILES string of the molecule is CCCN1CCCC2(CC1)NC(=NCCOC)NC2=O. The Hall–Kier alpha value is -1.14. The molecular weight excluding hydrogens is 256 g/mol. The summed E-state index contributed by atoms with van der Waals surface area (Å²) >= 11 is 0. The molecule has 0 aromatic heterocycles. The standard InChI is InChI=1S/C14H26N4O2/c1-3-8-18-9-4-5-14(6-10-18)12(19)16-13(17-14)15-7-11-20-2/h3-11H2,1-2H3,(H2,15,16,17,19). The zero-order valence-electron chi connectivity index (χ0n) is 12.6. The highest BCUT2D eigenvalue weighted by molar-refractivity contribution is 6.09. The van der Waals surface area contributed by atoms with Gasteiger partial charge in [0.1, 0.15) is 5.54 Å². The van der Waals surface area contributed by atoms with Gasteiger partial charge in [-0.1, -0.05) is 6.92 Å². The highest BCUT2D eigenvalue weighted by Gasteiger charge is 2.45. The lowest BCUT2D eigenvalue weighted by Gasteiger charge is -2.25. The third kappa shape index (κ3) is 3.49. The van der Waals surface area contributed by atoms with Crippen molar-refractivity contribution in [1.29, 1.82) is 0 Å². The first-order chi connectivity index (χ1) is 9.70. The van der Waals surface area contributed by atoms with Crippen molar-refractivity contribution in [2.75, 3.05) is 39.9 Å². The van der Waals surface area contributed by atoms with E-state index in [9.17, 15) is 4.79 Å². The highest BCUT2D eigenvalue weighted by Crippen LogP contribution is 2.25. The Labute approximate surface area is 121 Å². The van der Waals surface area contributed by atoms with Gasteiger partial charge in [0.15, 0.2) is 5.96 Å². The van der Waals surface area contributed by atoms with Gasteiger partial charge in [-0.25, -0.2) is 0 Å². The van der Waals surface area contributed by atoms with Gasteiger partial charge < -0.3 is 15.0 Å². The molecule has 0 radical (unpaired) electrons. The van der Waals surface area contributed by atoms with Crippen LogP contribution in [0, 0.1) is 0 Å². The van der Waals surface area contributed by atoms with E-state index >= 15 is 0 Å². The average molecular weight is 282 g/mol. The third-order valence-corrected chi connectivity index (χ3v) is 4.06. The van der Waals surface area contributed by atoms with Gasteiger partial charge in [0.05, 0.1) is 13.2 Å². The normalized spacial score (nSPS) is 29.5. The minimum atomic E-state index is -0.450. The number of carbonyl (C=O) groups is 1. The summed E-state index contributed by atoms with van der Waals surface area (Å²) in [5.41, 5.74) is -0.450. The summed E-state index contributed by atoms with van der Waals surface area (Å²) in [6.07, 6.45) is 3.94. The first kappa shape index (κ1) is 15.3. The van der Waals surface area contributed by atoms with Crippen molar-refractivity contribution >= 4 is 11.9 Å². The Morgan fingerprint density at radius 2 is 2.25 bits per heavy atom. The molecule has 2 saturated heterocycles. The molecule has 2 aliphatic heterocycles. The predicted octanol–water partition coefficient (Wildman–Crippen LogP) is 0.343. The van der Waals surface area contributed by atoms with Gasteiger partial charge in [-0.3, -0.25) is 15.1 Å². The molecule has 2 aliphatic rings. The van der Waals surface area contributed by atoms with Crippen LogP contribution in [0.2, 0.25) is 0 Å². The van der Waals surface area contributed by atoms with E-state index in [0.717, 1.165) is 45.3 Å². The third-order valence-electron chi connectivity index (χ3n) is 4.06. The molecule has 1 atom stereocenters. The Morgan fingerprint density at radius 1 is 1.40 bits per heavy atom. The van der Waals surface area contributed by atoms with E-state index < -0.39 is 5.54 Å². The number of rotatable bonds is 5. The maximum atomic E-state index is 12.3. The zero-order chi connectivity index (χ0) is 14.4. The largest absolute Gasteiger partial charge is 0.383 e. The second-order valence-corrected chi connectivity index (χ2v) is 5.58. The molecule has 20 heavy (non-hydrogen) atoms. The van der Waals surface area contributed by atoms with Gasteiger partial charge in [-0.05, 0) is 38.8 Å². The van der Waals surface area contributed by atoms with Crippen LogP contribution in [-0.4, -0.2) is 62.2 Å². The molecule has 2 fully saturated rings. The molecule has 2 rings (SSSR count). The summed E-state index contributed by atoms with van der Waals surface area (Å²) in [7, 11) is 1.65. The van der Waals surface area contributed by atoms with Crippen molar-refractivity contribution in [2.24, 2.45) is 4.99 Å². The molecular formula is C14H26N4O2. The molecule has 1 amide bonds. The van der Waals surface area contributed by atoms with Crippen molar-refractivity contribution < 1.29 is 9.53 Å². The fourth-order valence-electron chi connectivity index (χ4n) is 2.95. The number of likely N-dealkylation sites (tertiary alicyclic amines) is 1. The van der Waals surface area contributed by atoms with Gasteiger partial charge in [-0.15, -0.1) is 0 Å². The maximum absolute atomic E-state index is 12.3. The number of nitrogens with zero attached hydrogens (tertiary/aromatic N) is 2. The molecule has 114 valence electrons. The zero-order valence-corrected chi connectivity index (χ0v) is 12.6. The first-order valence-corrected chi connectivity index (χ1v) is 7.55. The van der Waals surface area contributed by atoms with Crippen molar-refractivity contribution in [3.63, 3.8) is 0 Å². The van der Waals surface area contributed by atoms with E-state index in [1.165, 1.54) is 0 Å². The lowest BCUT2D eigenvalue weighted by atomic mass is 9.91. The van der Waals surface area contributed by atoms with Gasteiger partial charge in [0, 0.05) is 13.7 Å². The summed E-state index contributed by atoms with van der Waals surface area (Å²) in [6.45, 7) is 6.50. The van der Waals surface area contributed by atoms with E-state index in [4.69, 9.17) is 4.74 Å². The average Bonchev–Trinajstić information content (AvgIpc) is 2.60. The van der Waals surface area contributed by atoms with Crippen LogP contribution in [0.4, 0.5) is 0 Å². The number of aliphatic imine (C=N–C) groups is 1. The Bertz CT molecular complexity index is 372. The van der Waals surface area contributed by atoms with Crippen LogP contribution in [0.5, 0.6) is 0 Å². The second-order valence-electron chi connectivity index (χ2n) is 5.58. The summed E-state index contributed by atoms with van der Waals surface area (Å²) in [6, 6.07) is 0. The number of hydrogen-bond donors (Lipinski definition) is 2. The number of carbonyl (C=O) groups excluding carboxylic acids is 1. The predicted molar refractivity (Wildman–Crippen MR) is 78.8 cm³/mol.